The van der Waals surface area contributed by atoms with Crippen LogP contribution < -0.4 is 5.32 Å². The number of hydrogen-bond acceptors (Lipinski definition) is 4. The predicted octanol–water partition coefficient (Wildman–Crippen LogP) is 3.36. The van der Waals surface area contributed by atoms with E-state index < -0.39 is 0 Å². The SMILES string of the molecule is CC(Cl)c1nnc(NCC2CCCCC2)o1. The van der Waals surface area contributed by atoms with E-state index >= 15 is 0 Å². The Bertz CT molecular complexity index is 321. The Hall–Kier alpha value is -0.770. The lowest BCUT2D eigenvalue weighted by atomic mass is 9.89. The highest BCUT2D eigenvalue weighted by Crippen LogP contribution is 2.24. The van der Waals surface area contributed by atoms with Crippen molar-refractivity contribution < 1.29 is 4.42 Å². The first kappa shape index (κ1) is 11.7. The lowest BCUT2D eigenvalue weighted by Gasteiger charge is -2.20. The Balaban J connectivity index is 1.79. The molecule has 1 fully saturated rings. The van der Waals surface area contributed by atoms with E-state index in [1.165, 1.54) is 32.1 Å². The third-order valence-corrected chi connectivity index (χ3v) is 3.23. The summed E-state index contributed by atoms with van der Waals surface area (Å²) in [5.41, 5.74) is 0. The van der Waals surface area contributed by atoms with Gasteiger partial charge in [0.05, 0.1) is 0 Å². The third kappa shape index (κ3) is 3.11. The standard InChI is InChI=1S/C11H18ClN3O/c1-8(12)10-14-15-11(16-10)13-7-9-5-3-2-4-6-9/h8-9H,2-7H2,1H3,(H,13,15). The summed E-state index contributed by atoms with van der Waals surface area (Å²) in [6.07, 6.45) is 6.69. The van der Waals surface area contributed by atoms with E-state index in [2.05, 4.69) is 15.5 Å². The zero-order chi connectivity index (χ0) is 11.4. The van der Waals surface area contributed by atoms with Gasteiger partial charge in [0.25, 0.3) is 0 Å². The fourth-order valence-corrected chi connectivity index (χ4v) is 2.18. The molecule has 90 valence electrons. The van der Waals surface area contributed by atoms with Gasteiger partial charge in [-0.2, -0.15) is 0 Å². The van der Waals surface area contributed by atoms with Gasteiger partial charge in [0.1, 0.15) is 5.38 Å². The van der Waals surface area contributed by atoms with Gasteiger partial charge in [0.2, 0.25) is 5.89 Å². The first-order valence-corrected chi connectivity index (χ1v) is 6.40. The van der Waals surface area contributed by atoms with Gasteiger partial charge in [-0.05, 0) is 25.7 Å². The summed E-state index contributed by atoms with van der Waals surface area (Å²) in [6.45, 7) is 2.75. The molecule has 1 aliphatic carbocycles. The summed E-state index contributed by atoms with van der Waals surface area (Å²) >= 11 is 5.84. The average molecular weight is 244 g/mol. The Labute approximate surface area is 101 Å². The minimum absolute atomic E-state index is 0.224. The molecule has 1 unspecified atom stereocenters. The van der Waals surface area contributed by atoms with E-state index in [0.29, 0.717) is 11.9 Å². The molecule has 0 bridgehead atoms. The van der Waals surface area contributed by atoms with E-state index in [4.69, 9.17) is 16.0 Å². The minimum atomic E-state index is -0.224. The van der Waals surface area contributed by atoms with Crippen LogP contribution in [0.15, 0.2) is 4.42 Å². The molecule has 1 atom stereocenters. The number of nitrogens with zero attached hydrogens (tertiary/aromatic N) is 2. The van der Waals surface area contributed by atoms with Crippen molar-refractivity contribution in [3.8, 4) is 0 Å². The van der Waals surface area contributed by atoms with Crippen molar-refractivity contribution in [3.63, 3.8) is 0 Å². The van der Waals surface area contributed by atoms with Crippen LogP contribution in [-0.4, -0.2) is 16.7 Å². The fraction of sp³-hybridized carbons (Fsp3) is 0.818. The summed E-state index contributed by atoms with van der Waals surface area (Å²) in [4.78, 5) is 0. The van der Waals surface area contributed by atoms with E-state index in [0.717, 1.165) is 12.5 Å². The normalized spacial score (nSPS) is 19.6. The molecule has 0 saturated heterocycles. The molecule has 0 aromatic carbocycles. The van der Waals surface area contributed by atoms with Gasteiger partial charge in [-0.25, -0.2) is 0 Å². The molecule has 2 rings (SSSR count). The van der Waals surface area contributed by atoms with Gasteiger partial charge in [0, 0.05) is 6.54 Å². The Kier molecular flexibility index (Phi) is 4.04. The van der Waals surface area contributed by atoms with Gasteiger partial charge in [-0.1, -0.05) is 24.4 Å². The summed E-state index contributed by atoms with van der Waals surface area (Å²) in [5, 5.41) is 10.7. The summed E-state index contributed by atoms with van der Waals surface area (Å²) in [7, 11) is 0. The molecular formula is C11H18ClN3O. The topological polar surface area (TPSA) is 51.0 Å². The second kappa shape index (κ2) is 5.53. The lowest BCUT2D eigenvalue weighted by Crippen LogP contribution is -2.17. The molecule has 1 aliphatic rings. The van der Waals surface area contributed by atoms with Crippen LogP contribution in [0.1, 0.15) is 50.3 Å². The Morgan fingerprint density at radius 2 is 2.12 bits per heavy atom. The smallest absolute Gasteiger partial charge is 0.315 e. The largest absolute Gasteiger partial charge is 0.407 e. The monoisotopic (exact) mass is 243 g/mol. The van der Waals surface area contributed by atoms with Crippen LogP contribution in [0.3, 0.4) is 0 Å². The zero-order valence-corrected chi connectivity index (χ0v) is 10.3. The number of halogens is 1. The molecule has 0 radical (unpaired) electrons. The second-order valence-electron chi connectivity index (χ2n) is 4.45. The van der Waals surface area contributed by atoms with Crippen molar-refractivity contribution in [1.82, 2.24) is 10.2 Å². The number of anilines is 1. The molecular weight excluding hydrogens is 226 g/mol. The lowest BCUT2D eigenvalue weighted by molar-refractivity contribution is 0.370. The number of hydrogen-bond donors (Lipinski definition) is 1. The molecule has 0 amide bonds. The highest BCUT2D eigenvalue weighted by atomic mass is 35.5. The van der Waals surface area contributed by atoms with Gasteiger partial charge in [0.15, 0.2) is 0 Å². The molecule has 1 N–H and O–H groups in total. The maximum absolute atomic E-state index is 5.84. The first-order chi connectivity index (χ1) is 7.75. The Morgan fingerprint density at radius 3 is 2.75 bits per heavy atom. The Morgan fingerprint density at radius 1 is 1.38 bits per heavy atom. The van der Waals surface area contributed by atoms with Crippen molar-refractivity contribution in [3.05, 3.63) is 5.89 Å². The van der Waals surface area contributed by atoms with Crippen LogP contribution in [0.5, 0.6) is 0 Å². The molecule has 1 heterocycles. The third-order valence-electron chi connectivity index (χ3n) is 3.05. The molecule has 16 heavy (non-hydrogen) atoms. The van der Waals surface area contributed by atoms with Crippen LogP contribution in [0.25, 0.3) is 0 Å². The van der Waals surface area contributed by atoms with Gasteiger partial charge in [-0.15, -0.1) is 16.7 Å². The van der Waals surface area contributed by atoms with Crippen molar-refractivity contribution in [2.24, 2.45) is 5.92 Å². The van der Waals surface area contributed by atoms with Crippen LogP contribution in [-0.2, 0) is 0 Å². The maximum atomic E-state index is 5.84. The van der Waals surface area contributed by atoms with E-state index in [-0.39, 0.29) is 5.38 Å². The van der Waals surface area contributed by atoms with E-state index in [1.807, 2.05) is 6.92 Å². The van der Waals surface area contributed by atoms with Gasteiger partial charge < -0.3 is 9.73 Å². The molecule has 0 spiro atoms. The summed E-state index contributed by atoms with van der Waals surface area (Å²) < 4.78 is 5.37. The number of alkyl halides is 1. The highest BCUT2D eigenvalue weighted by molar-refractivity contribution is 6.20. The summed E-state index contributed by atoms with van der Waals surface area (Å²) in [5.74, 6) is 1.23. The van der Waals surface area contributed by atoms with Crippen molar-refractivity contribution >= 4 is 17.6 Å². The molecule has 1 saturated carbocycles. The fourth-order valence-electron chi connectivity index (χ4n) is 2.09. The highest BCUT2D eigenvalue weighted by Gasteiger charge is 2.15. The predicted molar refractivity (Wildman–Crippen MR) is 63.6 cm³/mol. The van der Waals surface area contributed by atoms with Gasteiger partial charge in [-0.3, -0.25) is 0 Å². The van der Waals surface area contributed by atoms with Crippen molar-refractivity contribution in [1.29, 1.82) is 0 Å². The number of nitrogens with one attached hydrogen (secondary N) is 1. The molecule has 1 aromatic heterocycles. The van der Waals surface area contributed by atoms with Crippen molar-refractivity contribution in [2.75, 3.05) is 11.9 Å². The first-order valence-electron chi connectivity index (χ1n) is 5.97. The zero-order valence-electron chi connectivity index (χ0n) is 9.58. The van der Waals surface area contributed by atoms with E-state index in [9.17, 15) is 0 Å². The van der Waals surface area contributed by atoms with Crippen LogP contribution in [0.4, 0.5) is 6.01 Å². The van der Waals surface area contributed by atoms with Gasteiger partial charge >= 0.3 is 6.01 Å². The van der Waals surface area contributed by atoms with Crippen LogP contribution >= 0.6 is 11.6 Å². The summed E-state index contributed by atoms with van der Waals surface area (Å²) in [6, 6.07) is 0.494. The molecule has 4 nitrogen and oxygen atoms in total. The maximum Gasteiger partial charge on any atom is 0.315 e. The number of rotatable bonds is 4. The quantitative estimate of drug-likeness (QED) is 0.824. The molecule has 0 aliphatic heterocycles. The van der Waals surface area contributed by atoms with Crippen molar-refractivity contribution in [2.45, 2.75) is 44.4 Å². The second-order valence-corrected chi connectivity index (χ2v) is 5.10. The van der Waals surface area contributed by atoms with Crippen LogP contribution in [0, 0.1) is 5.92 Å². The minimum Gasteiger partial charge on any atom is -0.407 e. The average Bonchev–Trinajstić information content (AvgIpc) is 2.76. The van der Waals surface area contributed by atoms with E-state index in [1.54, 1.807) is 0 Å². The number of aromatic nitrogens is 2. The molecule has 5 heteroatoms. The molecule has 1 aromatic rings. The van der Waals surface area contributed by atoms with Crippen LogP contribution in [0.2, 0.25) is 0 Å².